The first-order valence-corrected chi connectivity index (χ1v) is 7.92. The lowest BCUT2D eigenvalue weighted by atomic mass is 9.97. The van der Waals surface area contributed by atoms with Crippen LogP contribution in [0.5, 0.6) is 5.75 Å². The highest BCUT2D eigenvalue weighted by Gasteiger charge is 2.21. The first-order chi connectivity index (χ1) is 10.2. The molecule has 2 unspecified atom stereocenters. The summed E-state index contributed by atoms with van der Waals surface area (Å²) in [5, 5.41) is 0. The van der Waals surface area contributed by atoms with Crippen LogP contribution in [0.2, 0.25) is 0 Å². The standard InChI is InChI=1S/C17H28N2O2/c1-3-21-16-8-6-15(7-9-16)17(18)12-19-10-4-5-14(11-19)13-20-2/h6-9,14,17H,3-5,10-13,18H2,1-2H3. The van der Waals surface area contributed by atoms with E-state index in [1.807, 2.05) is 19.1 Å². The monoisotopic (exact) mass is 292 g/mol. The van der Waals surface area contributed by atoms with Crippen LogP contribution in [0, 0.1) is 5.92 Å². The van der Waals surface area contributed by atoms with Gasteiger partial charge in [0.25, 0.3) is 0 Å². The molecule has 0 bridgehead atoms. The highest BCUT2D eigenvalue weighted by molar-refractivity contribution is 5.29. The molecule has 1 aromatic carbocycles. The van der Waals surface area contributed by atoms with Crippen molar-refractivity contribution in [1.82, 2.24) is 4.90 Å². The summed E-state index contributed by atoms with van der Waals surface area (Å²) in [4.78, 5) is 2.47. The second kappa shape index (κ2) is 8.37. The third-order valence-corrected chi connectivity index (χ3v) is 4.08. The van der Waals surface area contributed by atoms with E-state index < -0.39 is 0 Å². The molecule has 1 aliphatic heterocycles. The first-order valence-electron chi connectivity index (χ1n) is 7.92. The molecule has 4 nitrogen and oxygen atoms in total. The number of methoxy groups -OCH3 is 1. The lowest BCUT2D eigenvalue weighted by molar-refractivity contribution is 0.0878. The van der Waals surface area contributed by atoms with Gasteiger partial charge in [-0.05, 0) is 49.9 Å². The zero-order chi connectivity index (χ0) is 15.1. The Hall–Kier alpha value is -1.10. The van der Waals surface area contributed by atoms with Crippen molar-refractivity contribution in [2.45, 2.75) is 25.8 Å². The topological polar surface area (TPSA) is 47.7 Å². The number of likely N-dealkylation sites (tertiary alicyclic amines) is 1. The van der Waals surface area contributed by atoms with Crippen molar-refractivity contribution >= 4 is 0 Å². The van der Waals surface area contributed by atoms with Crippen molar-refractivity contribution in [2.24, 2.45) is 11.7 Å². The third-order valence-electron chi connectivity index (χ3n) is 4.08. The summed E-state index contributed by atoms with van der Waals surface area (Å²) in [7, 11) is 1.78. The van der Waals surface area contributed by atoms with Crippen LogP contribution in [0.25, 0.3) is 0 Å². The maximum atomic E-state index is 6.36. The minimum atomic E-state index is 0.0574. The lowest BCUT2D eigenvalue weighted by Gasteiger charge is -2.34. The van der Waals surface area contributed by atoms with Crippen LogP contribution in [0.15, 0.2) is 24.3 Å². The average Bonchev–Trinajstić information content (AvgIpc) is 2.49. The SMILES string of the molecule is CCOc1ccc(C(N)CN2CCCC(COC)C2)cc1. The fourth-order valence-electron chi connectivity index (χ4n) is 3.05. The van der Waals surface area contributed by atoms with Crippen LogP contribution in [-0.4, -0.2) is 44.9 Å². The van der Waals surface area contributed by atoms with Crippen LogP contribution >= 0.6 is 0 Å². The summed E-state index contributed by atoms with van der Waals surface area (Å²) in [6.07, 6.45) is 2.51. The number of benzene rings is 1. The Morgan fingerprint density at radius 2 is 2.10 bits per heavy atom. The number of hydrogen-bond donors (Lipinski definition) is 1. The molecule has 118 valence electrons. The van der Waals surface area contributed by atoms with E-state index in [0.717, 1.165) is 32.0 Å². The van der Waals surface area contributed by atoms with Crippen LogP contribution < -0.4 is 10.5 Å². The summed E-state index contributed by atoms with van der Waals surface area (Å²) < 4.78 is 10.7. The normalized spacial score (nSPS) is 21.2. The second-order valence-corrected chi connectivity index (χ2v) is 5.83. The molecule has 0 saturated carbocycles. The molecular formula is C17H28N2O2. The number of ether oxygens (including phenoxy) is 2. The molecule has 4 heteroatoms. The molecule has 0 aromatic heterocycles. The maximum Gasteiger partial charge on any atom is 0.119 e. The van der Waals surface area contributed by atoms with E-state index in [9.17, 15) is 0 Å². The molecule has 1 heterocycles. The Morgan fingerprint density at radius 3 is 2.76 bits per heavy atom. The van der Waals surface area contributed by atoms with Gasteiger partial charge in [-0.1, -0.05) is 12.1 Å². The van der Waals surface area contributed by atoms with E-state index >= 15 is 0 Å². The Balaban J connectivity index is 1.86. The molecule has 2 rings (SSSR count). The lowest BCUT2D eigenvalue weighted by Crippen LogP contribution is -2.40. The summed E-state index contributed by atoms with van der Waals surface area (Å²) in [5.41, 5.74) is 7.53. The van der Waals surface area contributed by atoms with Gasteiger partial charge in [0.05, 0.1) is 13.2 Å². The molecule has 2 atom stereocenters. The fourth-order valence-corrected chi connectivity index (χ4v) is 3.05. The van der Waals surface area contributed by atoms with Gasteiger partial charge in [0.2, 0.25) is 0 Å². The molecule has 1 saturated heterocycles. The Morgan fingerprint density at radius 1 is 1.33 bits per heavy atom. The molecule has 0 aliphatic carbocycles. The van der Waals surface area contributed by atoms with Gasteiger partial charge < -0.3 is 20.1 Å². The van der Waals surface area contributed by atoms with Gasteiger partial charge in [0, 0.05) is 26.2 Å². The van der Waals surface area contributed by atoms with E-state index in [1.165, 1.54) is 18.4 Å². The van der Waals surface area contributed by atoms with E-state index in [0.29, 0.717) is 12.5 Å². The van der Waals surface area contributed by atoms with E-state index in [-0.39, 0.29) is 6.04 Å². The van der Waals surface area contributed by atoms with Crippen LogP contribution in [0.3, 0.4) is 0 Å². The van der Waals surface area contributed by atoms with Gasteiger partial charge in [-0.15, -0.1) is 0 Å². The summed E-state index contributed by atoms with van der Waals surface area (Å²) in [6, 6.07) is 8.21. The summed E-state index contributed by atoms with van der Waals surface area (Å²) in [5.74, 6) is 1.56. The van der Waals surface area contributed by atoms with Gasteiger partial charge in [-0.25, -0.2) is 0 Å². The van der Waals surface area contributed by atoms with Gasteiger partial charge >= 0.3 is 0 Å². The predicted octanol–water partition coefficient (Wildman–Crippen LogP) is 2.44. The zero-order valence-corrected chi connectivity index (χ0v) is 13.3. The third kappa shape index (κ3) is 4.99. The number of rotatable bonds is 7. The second-order valence-electron chi connectivity index (χ2n) is 5.83. The largest absolute Gasteiger partial charge is 0.494 e. The smallest absolute Gasteiger partial charge is 0.119 e. The van der Waals surface area contributed by atoms with Crippen molar-refractivity contribution in [3.63, 3.8) is 0 Å². The maximum absolute atomic E-state index is 6.36. The van der Waals surface area contributed by atoms with Gasteiger partial charge in [-0.3, -0.25) is 0 Å². The van der Waals surface area contributed by atoms with Crippen molar-refractivity contribution in [3.8, 4) is 5.75 Å². The van der Waals surface area contributed by atoms with E-state index in [4.69, 9.17) is 15.2 Å². The summed E-state index contributed by atoms with van der Waals surface area (Å²) >= 11 is 0. The number of nitrogens with two attached hydrogens (primary N) is 1. The van der Waals surface area contributed by atoms with E-state index in [1.54, 1.807) is 7.11 Å². The minimum absolute atomic E-state index is 0.0574. The first kappa shape index (κ1) is 16.3. The fraction of sp³-hybridized carbons (Fsp3) is 0.647. The van der Waals surface area contributed by atoms with Gasteiger partial charge in [-0.2, -0.15) is 0 Å². The Labute approximate surface area is 128 Å². The van der Waals surface area contributed by atoms with Crippen LogP contribution in [-0.2, 0) is 4.74 Å². The highest BCUT2D eigenvalue weighted by Crippen LogP contribution is 2.21. The van der Waals surface area contributed by atoms with Crippen molar-refractivity contribution < 1.29 is 9.47 Å². The molecule has 21 heavy (non-hydrogen) atoms. The molecule has 0 spiro atoms. The molecule has 1 fully saturated rings. The highest BCUT2D eigenvalue weighted by atomic mass is 16.5. The Kier molecular flexibility index (Phi) is 6.49. The molecule has 1 aromatic rings. The number of piperidine rings is 1. The van der Waals surface area contributed by atoms with Crippen molar-refractivity contribution in [3.05, 3.63) is 29.8 Å². The summed E-state index contributed by atoms with van der Waals surface area (Å²) in [6.45, 7) is 6.69. The number of hydrogen-bond acceptors (Lipinski definition) is 4. The number of nitrogens with zero attached hydrogens (tertiary/aromatic N) is 1. The van der Waals surface area contributed by atoms with Crippen LogP contribution in [0.1, 0.15) is 31.4 Å². The Bertz CT molecular complexity index is 406. The van der Waals surface area contributed by atoms with Gasteiger partial charge in [0.1, 0.15) is 5.75 Å². The average molecular weight is 292 g/mol. The van der Waals surface area contributed by atoms with Crippen LogP contribution in [0.4, 0.5) is 0 Å². The van der Waals surface area contributed by atoms with Gasteiger partial charge in [0.15, 0.2) is 0 Å². The molecule has 2 N–H and O–H groups in total. The molecule has 1 aliphatic rings. The van der Waals surface area contributed by atoms with E-state index in [2.05, 4.69) is 17.0 Å². The molecule has 0 amide bonds. The quantitative estimate of drug-likeness (QED) is 0.838. The predicted molar refractivity (Wildman–Crippen MR) is 85.6 cm³/mol. The molecular weight excluding hydrogens is 264 g/mol. The molecule has 0 radical (unpaired) electrons. The van der Waals surface area contributed by atoms with Crippen molar-refractivity contribution in [1.29, 1.82) is 0 Å². The minimum Gasteiger partial charge on any atom is -0.494 e. The zero-order valence-electron chi connectivity index (χ0n) is 13.3. The van der Waals surface area contributed by atoms with Crippen molar-refractivity contribution in [2.75, 3.05) is 40.0 Å².